The number of halogens is 2. The van der Waals surface area contributed by atoms with Crippen LogP contribution in [-0.2, 0) is 11.2 Å². The molecule has 6 heteroatoms. The van der Waals surface area contributed by atoms with Crippen LogP contribution in [0.3, 0.4) is 0 Å². The molecule has 2 aromatic rings. The van der Waals surface area contributed by atoms with Crippen LogP contribution in [0.1, 0.15) is 23.4 Å². The number of ether oxygens (including phenoxy) is 1. The maximum absolute atomic E-state index is 13.0. The van der Waals surface area contributed by atoms with Gasteiger partial charge in [0.1, 0.15) is 11.6 Å². The number of carbonyl (C=O) groups excluding carboxylic acids is 1. The monoisotopic (exact) mass is 383 g/mol. The minimum atomic E-state index is -0.347. The van der Waals surface area contributed by atoms with Crippen LogP contribution in [0.2, 0.25) is 0 Å². The van der Waals surface area contributed by atoms with Gasteiger partial charge in [0.2, 0.25) is 0 Å². The van der Waals surface area contributed by atoms with Crippen molar-refractivity contribution >= 4 is 33.2 Å². The number of rotatable bonds is 3. The van der Waals surface area contributed by atoms with Crippen molar-refractivity contribution < 1.29 is 13.9 Å². The first-order valence-corrected chi connectivity index (χ1v) is 8.67. The summed E-state index contributed by atoms with van der Waals surface area (Å²) >= 11 is 4.98. The first-order valence-electron chi connectivity index (χ1n) is 7.00. The van der Waals surface area contributed by atoms with Crippen LogP contribution in [0.5, 0.6) is 5.75 Å². The lowest BCUT2D eigenvalue weighted by molar-refractivity contribution is -0.135. The highest BCUT2D eigenvalue weighted by molar-refractivity contribution is 9.10. The Kier molecular flexibility index (Phi) is 4.49. The molecule has 0 spiro atoms. The van der Waals surface area contributed by atoms with Gasteiger partial charge >= 0.3 is 0 Å². The van der Waals surface area contributed by atoms with Gasteiger partial charge in [-0.05, 0) is 64.5 Å². The highest BCUT2D eigenvalue weighted by Gasteiger charge is 2.28. The van der Waals surface area contributed by atoms with E-state index in [1.165, 1.54) is 28.6 Å². The van der Waals surface area contributed by atoms with Gasteiger partial charge < -0.3 is 9.64 Å². The van der Waals surface area contributed by atoms with E-state index in [4.69, 9.17) is 4.74 Å². The third-order valence-corrected chi connectivity index (χ3v) is 5.46. The van der Waals surface area contributed by atoms with Crippen molar-refractivity contribution in [2.75, 3.05) is 13.2 Å². The zero-order valence-corrected chi connectivity index (χ0v) is 14.4. The number of fused-ring (bicyclic) bond motifs is 1. The predicted molar refractivity (Wildman–Crippen MR) is 87.7 cm³/mol. The number of thiophene rings is 1. The van der Waals surface area contributed by atoms with E-state index in [1.807, 2.05) is 11.8 Å². The predicted octanol–water partition coefficient (Wildman–Crippen LogP) is 4.17. The standard InChI is InChI=1S/C16H15BrFNO2S/c1-10-12-5-7-22-15(12)4-6-19(10)16(20)9-21-14-3-2-11(18)8-13(14)17/h2-3,5,7-8,10H,4,6,9H2,1H3. The summed E-state index contributed by atoms with van der Waals surface area (Å²) in [6.07, 6.45) is 0.892. The van der Waals surface area contributed by atoms with Crippen LogP contribution in [0.4, 0.5) is 4.39 Å². The van der Waals surface area contributed by atoms with Crippen LogP contribution >= 0.6 is 27.3 Å². The molecule has 1 aliphatic rings. The quantitative estimate of drug-likeness (QED) is 0.795. The molecule has 1 aliphatic heterocycles. The van der Waals surface area contributed by atoms with E-state index < -0.39 is 0 Å². The molecule has 3 rings (SSSR count). The molecule has 0 aliphatic carbocycles. The zero-order valence-electron chi connectivity index (χ0n) is 12.0. The van der Waals surface area contributed by atoms with Gasteiger partial charge in [0.25, 0.3) is 5.91 Å². The molecule has 1 aromatic heterocycles. The van der Waals surface area contributed by atoms with Gasteiger partial charge in [0.05, 0.1) is 10.5 Å². The van der Waals surface area contributed by atoms with Crippen LogP contribution in [-0.4, -0.2) is 24.0 Å². The summed E-state index contributed by atoms with van der Waals surface area (Å²) in [4.78, 5) is 15.6. The summed E-state index contributed by atoms with van der Waals surface area (Å²) in [7, 11) is 0. The van der Waals surface area contributed by atoms with Crippen LogP contribution in [0.25, 0.3) is 0 Å². The minimum Gasteiger partial charge on any atom is -0.483 e. The van der Waals surface area contributed by atoms with Crippen LogP contribution in [0, 0.1) is 5.82 Å². The van der Waals surface area contributed by atoms with E-state index >= 15 is 0 Å². The normalized spacial score (nSPS) is 17.2. The second kappa shape index (κ2) is 6.38. The Morgan fingerprint density at radius 1 is 1.50 bits per heavy atom. The van der Waals surface area contributed by atoms with E-state index in [1.54, 1.807) is 11.3 Å². The summed E-state index contributed by atoms with van der Waals surface area (Å²) in [5.74, 6) is 0.0661. The molecule has 0 N–H and O–H groups in total. The summed E-state index contributed by atoms with van der Waals surface area (Å²) in [6.45, 7) is 2.70. The summed E-state index contributed by atoms with van der Waals surface area (Å²) < 4.78 is 19.1. The lowest BCUT2D eigenvalue weighted by Crippen LogP contribution is -2.40. The maximum Gasteiger partial charge on any atom is 0.261 e. The van der Waals surface area contributed by atoms with Crippen LogP contribution in [0.15, 0.2) is 34.1 Å². The van der Waals surface area contributed by atoms with E-state index in [0.29, 0.717) is 16.8 Å². The Balaban J connectivity index is 1.65. The Bertz CT molecular complexity index is 703. The number of hydrogen-bond donors (Lipinski definition) is 0. The molecular weight excluding hydrogens is 369 g/mol. The van der Waals surface area contributed by atoms with Crippen molar-refractivity contribution in [3.8, 4) is 5.75 Å². The topological polar surface area (TPSA) is 29.5 Å². The molecule has 1 amide bonds. The Morgan fingerprint density at radius 3 is 3.09 bits per heavy atom. The van der Waals surface area contributed by atoms with E-state index in [0.717, 1.165) is 6.42 Å². The average Bonchev–Trinajstić information content (AvgIpc) is 2.96. The van der Waals surface area contributed by atoms with Crippen molar-refractivity contribution in [1.82, 2.24) is 4.90 Å². The van der Waals surface area contributed by atoms with Gasteiger partial charge in [-0.2, -0.15) is 0 Å². The molecule has 22 heavy (non-hydrogen) atoms. The third-order valence-electron chi connectivity index (χ3n) is 3.84. The zero-order chi connectivity index (χ0) is 15.7. The number of amides is 1. The van der Waals surface area contributed by atoms with Crippen LogP contribution < -0.4 is 4.74 Å². The average molecular weight is 384 g/mol. The van der Waals surface area contributed by atoms with E-state index in [2.05, 4.69) is 27.4 Å². The number of carbonyl (C=O) groups is 1. The van der Waals surface area contributed by atoms with Crippen molar-refractivity contribution in [2.24, 2.45) is 0 Å². The van der Waals surface area contributed by atoms with Crippen molar-refractivity contribution in [2.45, 2.75) is 19.4 Å². The molecule has 1 aromatic carbocycles. The molecule has 0 radical (unpaired) electrons. The molecule has 116 valence electrons. The highest BCUT2D eigenvalue weighted by atomic mass is 79.9. The van der Waals surface area contributed by atoms with Gasteiger partial charge in [-0.3, -0.25) is 4.79 Å². The largest absolute Gasteiger partial charge is 0.483 e. The number of hydrogen-bond acceptors (Lipinski definition) is 3. The number of benzene rings is 1. The van der Waals surface area contributed by atoms with Gasteiger partial charge in [-0.15, -0.1) is 11.3 Å². The fourth-order valence-electron chi connectivity index (χ4n) is 2.66. The van der Waals surface area contributed by atoms with Gasteiger partial charge in [-0.25, -0.2) is 4.39 Å². The van der Waals surface area contributed by atoms with Gasteiger partial charge in [0.15, 0.2) is 6.61 Å². The lowest BCUT2D eigenvalue weighted by Gasteiger charge is -2.33. The molecule has 2 heterocycles. The maximum atomic E-state index is 13.0. The molecular formula is C16H15BrFNO2S. The highest BCUT2D eigenvalue weighted by Crippen LogP contribution is 2.33. The summed E-state index contributed by atoms with van der Waals surface area (Å²) in [6, 6.07) is 6.31. The van der Waals surface area contributed by atoms with Gasteiger partial charge in [-0.1, -0.05) is 0 Å². The minimum absolute atomic E-state index is 0.0476. The molecule has 0 saturated carbocycles. The second-order valence-electron chi connectivity index (χ2n) is 5.18. The number of nitrogens with zero attached hydrogens (tertiary/aromatic N) is 1. The fraction of sp³-hybridized carbons (Fsp3) is 0.312. The molecule has 1 atom stereocenters. The van der Waals surface area contributed by atoms with Gasteiger partial charge in [0, 0.05) is 11.4 Å². The van der Waals surface area contributed by atoms with Crippen molar-refractivity contribution in [3.05, 3.63) is 50.4 Å². The first kappa shape index (κ1) is 15.5. The first-order chi connectivity index (χ1) is 10.6. The smallest absolute Gasteiger partial charge is 0.261 e. The summed E-state index contributed by atoms with van der Waals surface area (Å²) in [5.41, 5.74) is 1.23. The van der Waals surface area contributed by atoms with E-state index in [-0.39, 0.29) is 24.4 Å². The van der Waals surface area contributed by atoms with Crippen molar-refractivity contribution in [3.63, 3.8) is 0 Å². The SMILES string of the molecule is CC1c2ccsc2CCN1C(=O)COc1ccc(F)cc1Br. The molecule has 3 nitrogen and oxygen atoms in total. The van der Waals surface area contributed by atoms with E-state index in [9.17, 15) is 9.18 Å². The fourth-order valence-corrected chi connectivity index (χ4v) is 4.09. The molecule has 0 fully saturated rings. The Labute approximate surface area is 140 Å². The second-order valence-corrected chi connectivity index (χ2v) is 7.03. The molecule has 1 unspecified atom stereocenters. The summed E-state index contributed by atoms with van der Waals surface area (Å²) in [5, 5.41) is 2.07. The lowest BCUT2D eigenvalue weighted by atomic mass is 10.0. The van der Waals surface area contributed by atoms with Crippen molar-refractivity contribution in [1.29, 1.82) is 0 Å². The Hall–Kier alpha value is -1.40. The molecule has 0 saturated heterocycles. The molecule has 0 bridgehead atoms. The third kappa shape index (κ3) is 3.03. The Morgan fingerprint density at radius 2 is 2.32 bits per heavy atom.